The number of fused-ring (bicyclic) bond motifs is 1. The van der Waals surface area contributed by atoms with Crippen molar-refractivity contribution in [2.24, 2.45) is 0 Å². The second-order valence-corrected chi connectivity index (χ2v) is 6.82. The molecule has 2 N–H and O–H groups in total. The van der Waals surface area contributed by atoms with Gasteiger partial charge in [0.2, 0.25) is 0 Å². The van der Waals surface area contributed by atoms with E-state index in [9.17, 15) is 4.79 Å². The molecule has 2 aromatic carbocycles. The van der Waals surface area contributed by atoms with E-state index in [1.54, 1.807) is 0 Å². The molecule has 0 unspecified atom stereocenters. The Morgan fingerprint density at radius 2 is 1.85 bits per heavy atom. The Kier molecular flexibility index (Phi) is 4.64. The summed E-state index contributed by atoms with van der Waals surface area (Å²) in [6.07, 6.45) is 0. The van der Waals surface area contributed by atoms with Gasteiger partial charge in [0.1, 0.15) is 5.52 Å². The third-order valence-corrected chi connectivity index (χ3v) is 4.85. The number of hydrogen-bond acceptors (Lipinski definition) is 4. The highest BCUT2D eigenvalue weighted by molar-refractivity contribution is 5.93. The van der Waals surface area contributed by atoms with E-state index >= 15 is 0 Å². The molecular weight excluding hydrogens is 328 g/mol. The maximum atomic E-state index is 12.4. The van der Waals surface area contributed by atoms with E-state index in [0.717, 1.165) is 42.8 Å². The van der Waals surface area contributed by atoms with Crippen LogP contribution in [0.15, 0.2) is 48.5 Å². The lowest BCUT2D eigenvalue weighted by Gasteiger charge is -2.30. The van der Waals surface area contributed by atoms with E-state index in [4.69, 9.17) is 0 Å². The van der Waals surface area contributed by atoms with Gasteiger partial charge in [-0.25, -0.2) is 9.69 Å². The smallest absolute Gasteiger partial charge is 0.265 e. The summed E-state index contributed by atoms with van der Waals surface area (Å²) in [6.45, 7) is 4.49. The summed E-state index contributed by atoms with van der Waals surface area (Å²) in [5.74, 6) is -0.0534. The molecule has 26 heavy (non-hydrogen) atoms. The number of hydrazine groups is 1. The minimum absolute atomic E-state index is 0.0534. The summed E-state index contributed by atoms with van der Waals surface area (Å²) < 4.78 is 1.87. The van der Waals surface area contributed by atoms with E-state index < -0.39 is 0 Å². The van der Waals surface area contributed by atoms with Gasteiger partial charge in [-0.05, 0) is 29.8 Å². The summed E-state index contributed by atoms with van der Waals surface area (Å²) >= 11 is 0. The maximum Gasteiger partial charge on any atom is 0.265 e. The molecule has 0 aliphatic carbocycles. The molecule has 134 valence electrons. The van der Waals surface area contributed by atoms with Crippen LogP contribution < -0.4 is 10.3 Å². The minimum atomic E-state index is -0.0534. The van der Waals surface area contributed by atoms with Crippen LogP contribution in [0, 0.1) is 0 Å². The van der Waals surface area contributed by atoms with E-state index in [2.05, 4.69) is 22.8 Å². The van der Waals surface area contributed by atoms with Gasteiger partial charge in [0, 0.05) is 5.56 Å². The zero-order chi connectivity index (χ0) is 17.9. The highest BCUT2D eigenvalue weighted by Gasteiger charge is 2.18. The third-order valence-electron chi connectivity index (χ3n) is 4.85. The number of hydrogen-bond donors (Lipinski definition) is 2. The Hall–Kier alpha value is -2.77. The molecule has 1 aliphatic rings. The Labute approximate surface area is 152 Å². The second-order valence-electron chi connectivity index (χ2n) is 6.82. The molecule has 1 saturated heterocycles. The Bertz CT molecular complexity index is 896. The van der Waals surface area contributed by atoms with Crippen LogP contribution in [-0.2, 0) is 6.54 Å². The molecule has 4 rings (SSSR count). The van der Waals surface area contributed by atoms with Gasteiger partial charge in [0.05, 0.1) is 45.3 Å². The Morgan fingerprint density at radius 3 is 2.62 bits per heavy atom. The van der Waals surface area contributed by atoms with Crippen molar-refractivity contribution in [2.45, 2.75) is 6.54 Å². The minimum Gasteiger partial charge on any atom is -0.335 e. The first-order valence-corrected chi connectivity index (χ1v) is 8.93. The van der Waals surface area contributed by atoms with Crippen LogP contribution in [0.5, 0.6) is 0 Å². The van der Waals surface area contributed by atoms with Crippen molar-refractivity contribution in [3.05, 3.63) is 59.7 Å². The summed E-state index contributed by atoms with van der Waals surface area (Å²) in [6, 6.07) is 15.6. The van der Waals surface area contributed by atoms with Crippen molar-refractivity contribution >= 4 is 16.9 Å². The van der Waals surface area contributed by atoms with Crippen LogP contribution in [0.25, 0.3) is 11.0 Å². The topological polar surface area (TPSA) is 67.5 Å². The van der Waals surface area contributed by atoms with Crippen molar-refractivity contribution in [1.29, 1.82) is 0 Å². The first-order chi connectivity index (χ1) is 12.7. The van der Waals surface area contributed by atoms with Crippen LogP contribution in [0.2, 0.25) is 0 Å². The molecule has 7 heteroatoms. The van der Waals surface area contributed by atoms with Gasteiger partial charge in [-0.3, -0.25) is 10.2 Å². The number of amides is 1. The second kappa shape index (κ2) is 7.23. The van der Waals surface area contributed by atoms with Crippen LogP contribution in [0.4, 0.5) is 0 Å². The lowest BCUT2D eigenvalue weighted by molar-refractivity contribution is -0.884. The fourth-order valence-electron chi connectivity index (χ4n) is 3.18. The maximum absolute atomic E-state index is 12.4. The number of likely N-dealkylation sites (N-methyl/N-ethyl adjacent to an activating group) is 1. The van der Waals surface area contributed by atoms with Gasteiger partial charge < -0.3 is 4.90 Å². The average molecular weight is 351 g/mol. The third kappa shape index (κ3) is 3.58. The summed E-state index contributed by atoms with van der Waals surface area (Å²) in [4.78, 5) is 13.9. The normalized spacial score (nSPS) is 16.0. The predicted molar refractivity (Wildman–Crippen MR) is 98.7 cm³/mol. The standard InChI is InChI=1S/C19H22N6O/c1-23-10-12-24(13-11-23)21-19(26)16-8-6-15(7-9-16)14-25-18-5-3-2-4-17(18)20-22-25/h2-9H,10-14H2,1H3,(H,21,26)/p+1. The van der Waals surface area contributed by atoms with Crippen LogP contribution in [-0.4, -0.2) is 59.1 Å². The molecule has 0 spiro atoms. The number of para-hydroxylation sites is 1. The highest BCUT2D eigenvalue weighted by Crippen LogP contribution is 2.13. The number of quaternary nitrogens is 1. The zero-order valence-corrected chi connectivity index (χ0v) is 14.9. The molecule has 7 nitrogen and oxygen atoms in total. The van der Waals surface area contributed by atoms with Crippen molar-refractivity contribution < 1.29 is 9.69 Å². The van der Waals surface area contributed by atoms with Gasteiger partial charge in [0.15, 0.2) is 0 Å². The number of nitrogens with one attached hydrogen (secondary N) is 2. The lowest BCUT2D eigenvalue weighted by atomic mass is 10.1. The summed E-state index contributed by atoms with van der Waals surface area (Å²) in [7, 11) is 2.18. The monoisotopic (exact) mass is 351 g/mol. The molecule has 1 amide bonds. The fourth-order valence-corrected chi connectivity index (χ4v) is 3.18. The number of nitrogens with zero attached hydrogens (tertiary/aromatic N) is 4. The molecule has 1 aliphatic heterocycles. The molecule has 0 bridgehead atoms. The molecule has 0 atom stereocenters. The predicted octanol–water partition coefficient (Wildman–Crippen LogP) is -0.0453. The van der Waals surface area contributed by atoms with E-state index in [0.29, 0.717) is 12.1 Å². The number of piperazine rings is 1. The molecule has 0 saturated carbocycles. The molecule has 1 fully saturated rings. The average Bonchev–Trinajstić information content (AvgIpc) is 3.07. The zero-order valence-electron chi connectivity index (χ0n) is 14.9. The first kappa shape index (κ1) is 16.7. The first-order valence-electron chi connectivity index (χ1n) is 8.93. The highest BCUT2D eigenvalue weighted by atomic mass is 16.2. The lowest BCUT2D eigenvalue weighted by Crippen LogP contribution is -3.12. The van der Waals surface area contributed by atoms with Crippen LogP contribution in [0.1, 0.15) is 15.9 Å². The number of rotatable bonds is 4. The van der Waals surface area contributed by atoms with Crippen molar-refractivity contribution in [3.8, 4) is 0 Å². The Balaban J connectivity index is 1.41. The number of carbonyl (C=O) groups is 1. The van der Waals surface area contributed by atoms with Crippen LogP contribution in [0.3, 0.4) is 0 Å². The Morgan fingerprint density at radius 1 is 1.12 bits per heavy atom. The van der Waals surface area contributed by atoms with E-state index in [1.165, 1.54) is 4.90 Å². The van der Waals surface area contributed by atoms with E-state index in [-0.39, 0.29) is 5.91 Å². The molecule has 3 aromatic rings. The molecule has 1 aromatic heterocycles. The quantitative estimate of drug-likeness (QED) is 0.692. The molecule has 2 heterocycles. The largest absolute Gasteiger partial charge is 0.335 e. The van der Waals surface area contributed by atoms with Crippen LogP contribution >= 0.6 is 0 Å². The summed E-state index contributed by atoms with van der Waals surface area (Å²) in [5.41, 5.74) is 6.64. The van der Waals surface area contributed by atoms with Gasteiger partial charge in [0.25, 0.3) is 5.91 Å². The van der Waals surface area contributed by atoms with Crippen molar-refractivity contribution in [2.75, 3.05) is 33.2 Å². The van der Waals surface area contributed by atoms with E-state index in [1.807, 2.05) is 58.2 Å². The van der Waals surface area contributed by atoms with Gasteiger partial charge in [-0.2, -0.15) is 0 Å². The summed E-state index contributed by atoms with van der Waals surface area (Å²) in [5, 5.41) is 10.4. The SMILES string of the molecule is C[NH+]1CCN(NC(=O)c2ccc(Cn3nnc4ccccc43)cc2)CC1. The molecular formula is C19H23N6O+. The number of benzene rings is 2. The number of carbonyl (C=O) groups excluding carboxylic acids is 1. The van der Waals surface area contributed by atoms with Gasteiger partial charge >= 0.3 is 0 Å². The molecule has 0 radical (unpaired) electrons. The van der Waals surface area contributed by atoms with Crippen molar-refractivity contribution in [3.63, 3.8) is 0 Å². The number of aromatic nitrogens is 3. The van der Waals surface area contributed by atoms with Gasteiger partial charge in [-0.1, -0.05) is 29.5 Å². The fraction of sp³-hybridized carbons (Fsp3) is 0.316. The van der Waals surface area contributed by atoms with Crippen molar-refractivity contribution in [1.82, 2.24) is 25.4 Å². The van der Waals surface area contributed by atoms with Gasteiger partial charge in [-0.15, -0.1) is 5.10 Å².